The van der Waals surface area contributed by atoms with Gasteiger partial charge in [-0.25, -0.2) is 4.98 Å². The molecule has 7 heteroatoms. The smallest absolute Gasteiger partial charge is 0.227 e. The molecule has 2 heterocycles. The van der Waals surface area contributed by atoms with Crippen LogP contribution < -0.4 is 14.4 Å². The summed E-state index contributed by atoms with van der Waals surface area (Å²) < 4.78 is 13.7. The summed E-state index contributed by atoms with van der Waals surface area (Å²) >= 11 is 6.19. The molecular formula is C29H30ClN3O3. The first-order valence-corrected chi connectivity index (χ1v) is 12.9. The third-order valence-corrected chi connectivity index (χ3v) is 6.82. The molecule has 5 rings (SSSR count). The lowest BCUT2D eigenvalue weighted by Gasteiger charge is -2.18. The number of hydrogen-bond acceptors (Lipinski definition) is 4. The minimum Gasteiger partial charge on any atom is -0.494 e. The lowest BCUT2D eigenvalue weighted by atomic mass is 10.1. The molecule has 1 aromatic heterocycles. The highest BCUT2D eigenvalue weighted by molar-refractivity contribution is 6.32. The highest BCUT2D eigenvalue weighted by atomic mass is 35.5. The van der Waals surface area contributed by atoms with Gasteiger partial charge in [-0.05, 0) is 68.3 Å². The van der Waals surface area contributed by atoms with Crippen molar-refractivity contribution in [3.8, 4) is 11.5 Å². The maximum atomic E-state index is 13.0. The SMILES string of the molecule is CCOc1ccc(N2CC(c3nc4ccccc4n3CCCCOc3ccccc3Cl)CC2=O)cc1. The second kappa shape index (κ2) is 11.0. The normalized spacial score (nSPS) is 15.6. The molecule has 0 saturated carbocycles. The van der Waals surface area contributed by atoms with E-state index in [1.165, 1.54) is 0 Å². The first kappa shape index (κ1) is 24.2. The maximum absolute atomic E-state index is 13.0. The number of unbranched alkanes of at least 4 members (excludes halogenated alkanes) is 1. The van der Waals surface area contributed by atoms with Crippen molar-refractivity contribution in [1.82, 2.24) is 9.55 Å². The van der Waals surface area contributed by atoms with E-state index in [4.69, 9.17) is 26.1 Å². The first-order valence-electron chi connectivity index (χ1n) is 12.5. The number of halogens is 1. The number of aromatic nitrogens is 2. The summed E-state index contributed by atoms with van der Waals surface area (Å²) in [4.78, 5) is 19.8. The number of carbonyl (C=O) groups excluding carboxylic acids is 1. The molecule has 186 valence electrons. The first-order chi connectivity index (χ1) is 17.6. The quantitative estimate of drug-likeness (QED) is 0.233. The van der Waals surface area contributed by atoms with E-state index in [2.05, 4.69) is 10.6 Å². The minimum absolute atomic E-state index is 0.0378. The van der Waals surface area contributed by atoms with Crippen LogP contribution in [0.2, 0.25) is 5.02 Å². The molecule has 0 radical (unpaired) electrons. The number of para-hydroxylation sites is 3. The third kappa shape index (κ3) is 5.19. The summed E-state index contributed by atoms with van der Waals surface area (Å²) in [5, 5.41) is 0.628. The Morgan fingerprint density at radius 2 is 1.75 bits per heavy atom. The molecule has 0 N–H and O–H groups in total. The van der Waals surface area contributed by atoms with Gasteiger partial charge in [0.2, 0.25) is 5.91 Å². The van der Waals surface area contributed by atoms with Gasteiger partial charge in [-0.1, -0.05) is 35.9 Å². The lowest BCUT2D eigenvalue weighted by molar-refractivity contribution is -0.117. The molecule has 0 bridgehead atoms. The molecule has 0 spiro atoms. The van der Waals surface area contributed by atoms with Crippen molar-refractivity contribution in [2.45, 2.75) is 38.6 Å². The van der Waals surface area contributed by atoms with Crippen LogP contribution in [0.3, 0.4) is 0 Å². The Morgan fingerprint density at radius 3 is 2.56 bits per heavy atom. The average Bonchev–Trinajstić information content (AvgIpc) is 3.46. The zero-order valence-electron chi connectivity index (χ0n) is 20.4. The number of hydrogen-bond donors (Lipinski definition) is 0. The summed E-state index contributed by atoms with van der Waals surface area (Å²) in [6.07, 6.45) is 2.27. The number of fused-ring (bicyclic) bond motifs is 1. The molecule has 1 fully saturated rings. The zero-order chi connectivity index (χ0) is 24.9. The molecule has 1 unspecified atom stereocenters. The molecule has 0 aliphatic carbocycles. The van der Waals surface area contributed by atoms with E-state index in [0.717, 1.165) is 47.7 Å². The van der Waals surface area contributed by atoms with Gasteiger partial charge in [0.15, 0.2) is 0 Å². The van der Waals surface area contributed by atoms with Gasteiger partial charge < -0.3 is 18.9 Å². The molecule has 1 aliphatic heterocycles. The van der Waals surface area contributed by atoms with Crippen molar-refractivity contribution >= 4 is 34.2 Å². The Balaban J connectivity index is 1.28. The van der Waals surface area contributed by atoms with Crippen molar-refractivity contribution in [3.63, 3.8) is 0 Å². The van der Waals surface area contributed by atoms with Gasteiger partial charge in [0.1, 0.15) is 17.3 Å². The van der Waals surface area contributed by atoms with Crippen molar-refractivity contribution in [2.75, 3.05) is 24.7 Å². The van der Waals surface area contributed by atoms with Crippen LogP contribution in [-0.2, 0) is 11.3 Å². The van der Waals surface area contributed by atoms with E-state index >= 15 is 0 Å². The monoisotopic (exact) mass is 503 g/mol. The Morgan fingerprint density at radius 1 is 0.972 bits per heavy atom. The number of amides is 1. The van der Waals surface area contributed by atoms with Crippen LogP contribution in [0.5, 0.6) is 11.5 Å². The third-order valence-electron chi connectivity index (χ3n) is 6.50. The fraction of sp³-hybridized carbons (Fsp3) is 0.310. The van der Waals surface area contributed by atoms with E-state index in [-0.39, 0.29) is 11.8 Å². The molecule has 3 aromatic carbocycles. The minimum atomic E-state index is 0.0378. The van der Waals surface area contributed by atoms with Crippen LogP contribution in [0.1, 0.15) is 37.9 Å². The molecule has 6 nitrogen and oxygen atoms in total. The summed E-state index contributed by atoms with van der Waals surface area (Å²) in [7, 11) is 0. The molecule has 1 amide bonds. The Kier molecular flexibility index (Phi) is 7.42. The standard InChI is InChI=1S/C29H30ClN3O3/c1-2-35-23-15-13-22(14-16-23)33-20-21(19-28(33)34)29-31-25-10-4-5-11-26(25)32(29)17-7-8-18-36-27-12-6-3-9-24(27)30/h3-6,9-16,21H,2,7-8,17-20H2,1H3. The van der Waals surface area contributed by atoms with E-state index in [1.807, 2.05) is 78.6 Å². The summed E-state index contributed by atoms with van der Waals surface area (Å²) in [6, 6.07) is 23.5. The number of aryl methyl sites for hydroxylation is 1. The largest absolute Gasteiger partial charge is 0.494 e. The number of rotatable bonds is 10. The van der Waals surface area contributed by atoms with Gasteiger partial charge in [-0.2, -0.15) is 0 Å². The van der Waals surface area contributed by atoms with Crippen LogP contribution in [0.15, 0.2) is 72.8 Å². The summed E-state index contributed by atoms with van der Waals surface area (Å²) in [6.45, 7) is 4.60. The van der Waals surface area contributed by atoms with Gasteiger partial charge >= 0.3 is 0 Å². The molecule has 1 atom stereocenters. The molecular weight excluding hydrogens is 474 g/mol. The topological polar surface area (TPSA) is 56.6 Å². The summed E-state index contributed by atoms with van der Waals surface area (Å²) in [5.41, 5.74) is 2.96. The maximum Gasteiger partial charge on any atom is 0.227 e. The number of ether oxygens (including phenoxy) is 2. The molecule has 1 aliphatic rings. The predicted octanol–water partition coefficient (Wildman–Crippen LogP) is 6.47. The van der Waals surface area contributed by atoms with Gasteiger partial charge in [0.05, 0.1) is 29.3 Å². The Labute approximate surface area is 216 Å². The van der Waals surface area contributed by atoms with Crippen molar-refractivity contribution < 1.29 is 14.3 Å². The number of benzene rings is 3. The summed E-state index contributed by atoms with van der Waals surface area (Å²) in [5.74, 6) is 2.66. The lowest BCUT2D eigenvalue weighted by Crippen LogP contribution is -2.24. The van der Waals surface area contributed by atoms with Gasteiger partial charge in [-0.3, -0.25) is 4.79 Å². The Hall–Kier alpha value is -3.51. The van der Waals surface area contributed by atoms with E-state index in [1.54, 1.807) is 0 Å². The number of carbonyl (C=O) groups is 1. The van der Waals surface area contributed by atoms with E-state index in [9.17, 15) is 4.79 Å². The van der Waals surface area contributed by atoms with Gasteiger partial charge in [0, 0.05) is 31.1 Å². The van der Waals surface area contributed by atoms with Gasteiger partial charge in [-0.15, -0.1) is 0 Å². The highest BCUT2D eigenvalue weighted by Gasteiger charge is 2.34. The van der Waals surface area contributed by atoms with E-state index in [0.29, 0.717) is 37.0 Å². The van der Waals surface area contributed by atoms with Crippen molar-refractivity contribution in [2.24, 2.45) is 0 Å². The number of nitrogens with zero attached hydrogens (tertiary/aromatic N) is 3. The second-order valence-corrected chi connectivity index (χ2v) is 9.34. The fourth-order valence-corrected chi connectivity index (χ4v) is 4.97. The predicted molar refractivity (Wildman–Crippen MR) is 143 cm³/mol. The fourth-order valence-electron chi connectivity index (χ4n) is 4.78. The number of anilines is 1. The van der Waals surface area contributed by atoms with Gasteiger partial charge in [0.25, 0.3) is 0 Å². The van der Waals surface area contributed by atoms with Crippen LogP contribution in [-0.4, -0.2) is 35.2 Å². The van der Waals surface area contributed by atoms with E-state index < -0.39 is 0 Å². The van der Waals surface area contributed by atoms with Crippen molar-refractivity contribution in [1.29, 1.82) is 0 Å². The molecule has 36 heavy (non-hydrogen) atoms. The highest BCUT2D eigenvalue weighted by Crippen LogP contribution is 2.34. The van der Waals surface area contributed by atoms with Crippen LogP contribution >= 0.6 is 11.6 Å². The average molecular weight is 504 g/mol. The molecule has 4 aromatic rings. The van der Waals surface area contributed by atoms with Crippen LogP contribution in [0.25, 0.3) is 11.0 Å². The Bertz CT molecular complexity index is 1340. The zero-order valence-corrected chi connectivity index (χ0v) is 21.2. The number of imidazole rings is 1. The van der Waals surface area contributed by atoms with Crippen LogP contribution in [0.4, 0.5) is 5.69 Å². The van der Waals surface area contributed by atoms with Crippen molar-refractivity contribution in [3.05, 3.63) is 83.6 Å². The van der Waals surface area contributed by atoms with Crippen LogP contribution in [0, 0.1) is 0 Å². The molecule has 1 saturated heterocycles. The second-order valence-electron chi connectivity index (χ2n) is 8.93.